The number of hydroxylamine groups is 1. The summed E-state index contributed by atoms with van der Waals surface area (Å²) in [5, 5.41) is 12.4. The first-order valence-corrected chi connectivity index (χ1v) is 4.14. The SMILES string of the molecule is CC(C)(C)C1=NOC(CNO)C1. The summed E-state index contributed by atoms with van der Waals surface area (Å²) in [4.78, 5) is 5.10. The van der Waals surface area contributed by atoms with Gasteiger partial charge >= 0.3 is 0 Å². The first-order valence-electron chi connectivity index (χ1n) is 4.14. The highest BCUT2D eigenvalue weighted by molar-refractivity contribution is 5.90. The molecule has 0 saturated heterocycles. The maximum atomic E-state index is 8.43. The van der Waals surface area contributed by atoms with E-state index in [9.17, 15) is 0 Å². The number of nitrogens with one attached hydrogen (secondary N) is 1. The first-order chi connectivity index (χ1) is 5.54. The smallest absolute Gasteiger partial charge is 0.147 e. The van der Waals surface area contributed by atoms with Crippen LogP contribution < -0.4 is 5.48 Å². The molecule has 1 atom stereocenters. The molecule has 0 amide bonds. The van der Waals surface area contributed by atoms with Crippen LogP contribution in [-0.2, 0) is 4.84 Å². The number of hydrogen-bond acceptors (Lipinski definition) is 4. The monoisotopic (exact) mass is 172 g/mol. The summed E-state index contributed by atoms with van der Waals surface area (Å²) in [7, 11) is 0. The standard InChI is InChI=1S/C8H16N2O2/c1-8(2,3)7-4-6(5-9-11)12-10-7/h6,9,11H,4-5H2,1-3H3. The van der Waals surface area contributed by atoms with E-state index in [1.807, 2.05) is 0 Å². The summed E-state index contributed by atoms with van der Waals surface area (Å²) < 4.78 is 0. The van der Waals surface area contributed by atoms with E-state index in [2.05, 4.69) is 31.4 Å². The molecule has 0 saturated carbocycles. The second-order valence-corrected chi connectivity index (χ2v) is 4.08. The van der Waals surface area contributed by atoms with Crippen LogP contribution in [0, 0.1) is 5.41 Å². The molecule has 1 rings (SSSR count). The lowest BCUT2D eigenvalue weighted by atomic mass is 9.87. The fourth-order valence-corrected chi connectivity index (χ4v) is 1.08. The van der Waals surface area contributed by atoms with Crippen LogP contribution in [0.5, 0.6) is 0 Å². The zero-order valence-electron chi connectivity index (χ0n) is 7.79. The fourth-order valence-electron chi connectivity index (χ4n) is 1.08. The Morgan fingerprint density at radius 2 is 2.33 bits per heavy atom. The topological polar surface area (TPSA) is 53.8 Å². The van der Waals surface area contributed by atoms with Crippen molar-refractivity contribution >= 4 is 5.71 Å². The third-order valence-corrected chi connectivity index (χ3v) is 1.92. The van der Waals surface area contributed by atoms with Crippen LogP contribution in [0.25, 0.3) is 0 Å². The minimum absolute atomic E-state index is 0.00998. The molecule has 0 bridgehead atoms. The van der Waals surface area contributed by atoms with Gasteiger partial charge in [0.1, 0.15) is 6.10 Å². The van der Waals surface area contributed by atoms with E-state index in [0.717, 1.165) is 12.1 Å². The third-order valence-electron chi connectivity index (χ3n) is 1.92. The van der Waals surface area contributed by atoms with Crippen molar-refractivity contribution in [1.82, 2.24) is 5.48 Å². The zero-order valence-corrected chi connectivity index (χ0v) is 7.79. The average Bonchev–Trinajstić information content (AvgIpc) is 2.35. The van der Waals surface area contributed by atoms with Crippen LogP contribution in [0.1, 0.15) is 27.2 Å². The van der Waals surface area contributed by atoms with Crippen molar-refractivity contribution in [2.75, 3.05) is 6.54 Å². The molecule has 0 fully saturated rings. The van der Waals surface area contributed by atoms with Crippen LogP contribution in [-0.4, -0.2) is 23.6 Å². The molecule has 1 unspecified atom stereocenters. The average molecular weight is 172 g/mol. The van der Waals surface area contributed by atoms with Crippen molar-refractivity contribution < 1.29 is 10.0 Å². The van der Waals surface area contributed by atoms with E-state index in [4.69, 9.17) is 10.0 Å². The molecule has 0 aromatic carbocycles. The lowest BCUT2D eigenvalue weighted by Crippen LogP contribution is -2.27. The Bertz CT molecular complexity index is 184. The van der Waals surface area contributed by atoms with Gasteiger partial charge in [0.25, 0.3) is 0 Å². The molecule has 4 heteroatoms. The fraction of sp³-hybridized carbons (Fsp3) is 0.875. The van der Waals surface area contributed by atoms with E-state index >= 15 is 0 Å². The van der Waals surface area contributed by atoms with Gasteiger partial charge in [-0.3, -0.25) is 0 Å². The summed E-state index contributed by atoms with van der Waals surface area (Å²) >= 11 is 0. The lowest BCUT2D eigenvalue weighted by molar-refractivity contribution is 0.0473. The Morgan fingerprint density at radius 3 is 2.75 bits per heavy atom. The van der Waals surface area contributed by atoms with Gasteiger partial charge in [0.05, 0.1) is 12.3 Å². The van der Waals surface area contributed by atoms with Crippen molar-refractivity contribution in [3.63, 3.8) is 0 Å². The molecule has 2 N–H and O–H groups in total. The van der Waals surface area contributed by atoms with Crippen LogP contribution in [0.4, 0.5) is 0 Å². The molecule has 0 spiro atoms. The Hall–Kier alpha value is -0.610. The van der Waals surface area contributed by atoms with Crippen molar-refractivity contribution in [2.24, 2.45) is 10.6 Å². The van der Waals surface area contributed by atoms with Crippen LogP contribution in [0.2, 0.25) is 0 Å². The Kier molecular flexibility index (Phi) is 2.69. The lowest BCUT2D eigenvalue weighted by Gasteiger charge is -2.16. The van der Waals surface area contributed by atoms with Crippen molar-refractivity contribution in [2.45, 2.75) is 33.3 Å². The van der Waals surface area contributed by atoms with Crippen LogP contribution in [0.3, 0.4) is 0 Å². The first kappa shape index (κ1) is 9.48. The summed E-state index contributed by atoms with van der Waals surface area (Å²) in [6.45, 7) is 6.74. The van der Waals surface area contributed by atoms with Gasteiger partial charge in [-0.05, 0) is 0 Å². The maximum absolute atomic E-state index is 8.43. The summed E-state index contributed by atoms with van der Waals surface area (Å²) in [6.07, 6.45) is 0.793. The molecule has 1 heterocycles. The van der Waals surface area contributed by atoms with Gasteiger partial charge in [-0.25, -0.2) is 5.48 Å². The molecular weight excluding hydrogens is 156 g/mol. The molecule has 0 radical (unpaired) electrons. The second kappa shape index (κ2) is 3.41. The number of oxime groups is 1. The molecular formula is C8H16N2O2. The molecule has 70 valence electrons. The van der Waals surface area contributed by atoms with E-state index in [1.54, 1.807) is 0 Å². The summed E-state index contributed by atoms with van der Waals surface area (Å²) in [5.41, 5.74) is 3.22. The zero-order chi connectivity index (χ0) is 9.19. The van der Waals surface area contributed by atoms with Gasteiger partial charge in [-0.1, -0.05) is 25.9 Å². The Morgan fingerprint density at radius 1 is 1.67 bits per heavy atom. The molecule has 1 aliphatic rings. The van der Waals surface area contributed by atoms with E-state index in [-0.39, 0.29) is 11.5 Å². The highest BCUT2D eigenvalue weighted by Gasteiger charge is 2.28. The molecule has 0 aromatic rings. The molecule has 12 heavy (non-hydrogen) atoms. The minimum atomic E-state index is -0.00998. The Labute approximate surface area is 72.5 Å². The van der Waals surface area contributed by atoms with Gasteiger partial charge < -0.3 is 10.0 Å². The highest BCUT2D eigenvalue weighted by atomic mass is 16.6. The number of rotatable bonds is 2. The van der Waals surface area contributed by atoms with Gasteiger partial charge in [0.2, 0.25) is 0 Å². The minimum Gasteiger partial charge on any atom is -0.391 e. The van der Waals surface area contributed by atoms with Crippen molar-refractivity contribution in [3.8, 4) is 0 Å². The predicted molar refractivity (Wildman–Crippen MR) is 46.2 cm³/mol. The van der Waals surface area contributed by atoms with Crippen molar-refractivity contribution in [3.05, 3.63) is 0 Å². The molecule has 0 aromatic heterocycles. The Balaban J connectivity index is 2.43. The predicted octanol–water partition coefficient (Wildman–Crippen LogP) is 1.16. The van der Waals surface area contributed by atoms with Crippen LogP contribution >= 0.6 is 0 Å². The van der Waals surface area contributed by atoms with E-state index in [1.165, 1.54) is 0 Å². The van der Waals surface area contributed by atoms with Crippen molar-refractivity contribution in [1.29, 1.82) is 0 Å². The summed E-state index contributed by atoms with van der Waals surface area (Å²) in [6, 6.07) is 0. The summed E-state index contributed by atoms with van der Waals surface area (Å²) in [5.74, 6) is 0. The third kappa shape index (κ3) is 2.19. The second-order valence-electron chi connectivity index (χ2n) is 4.08. The van der Waals surface area contributed by atoms with Gasteiger partial charge in [0, 0.05) is 11.8 Å². The van der Waals surface area contributed by atoms with Gasteiger partial charge in [-0.2, -0.15) is 0 Å². The van der Waals surface area contributed by atoms with Crippen LogP contribution in [0.15, 0.2) is 5.16 Å². The van der Waals surface area contributed by atoms with E-state index < -0.39 is 0 Å². The quantitative estimate of drug-likeness (QED) is 0.614. The molecule has 4 nitrogen and oxygen atoms in total. The molecule has 1 aliphatic heterocycles. The highest BCUT2D eigenvalue weighted by Crippen LogP contribution is 2.24. The number of nitrogens with zero attached hydrogens (tertiary/aromatic N) is 1. The van der Waals surface area contributed by atoms with Gasteiger partial charge in [0.15, 0.2) is 0 Å². The van der Waals surface area contributed by atoms with E-state index in [0.29, 0.717) is 6.54 Å². The largest absolute Gasteiger partial charge is 0.391 e. The normalized spacial score (nSPS) is 23.7. The number of hydrogen-bond donors (Lipinski definition) is 2. The maximum Gasteiger partial charge on any atom is 0.147 e. The molecule has 0 aliphatic carbocycles. The van der Waals surface area contributed by atoms with Gasteiger partial charge in [-0.15, -0.1) is 0 Å².